The van der Waals surface area contributed by atoms with Crippen LogP contribution in [0.4, 0.5) is 11.5 Å². The molecule has 2 fully saturated rings. The fourth-order valence-corrected chi connectivity index (χ4v) is 6.40. The number of phosphoric acid groups is 2. The number of aromatic nitrogens is 4. The van der Waals surface area contributed by atoms with E-state index in [0.717, 1.165) is 18.5 Å². The van der Waals surface area contributed by atoms with E-state index >= 15 is 0 Å². The maximum Gasteiger partial charge on any atom is 1.00 e. The van der Waals surface area contributed by atoms with E-state index in [-0.39, 0.29) is 87.5 Å². The first-order chi connectivity index (χ1) is 21.2. The third-order valence-electron chi connectivity index (χ3n) is 6.61. The van der Waals surface area contributed by atoms with Crippen LogP contribution in [0.2, 0.25) is 0 Å². The number of aliphatic hydroxyl groups excluding tert-OH is 4. The van der Waals surface area contributed by atoms with Crippen LogP contribution in [0.25, 0.3) is 11.2 Å². The predicted molar refractivity (Wildman–Crippen MR) is 138 cm³/mol. The van der Waals surface area contributed by atoms with Gasteiger partial charge in [-0.15, -0.1) is 0 Å². The monoisotopic (exact) mass is 724 g/mol. The van der Waals surface area contributed by atoms with Crippen molar-refractivity contribution in [3.63, 3.8) is 0 Å². The van der Waals surface area contributed by atoms with E-state index in [9.17, 15) is 49.5 Å². The first-order valence-electron chi connectivity index (χ1n) is 12.7. The van der Waals surface area contributed by atoms with Crippen LogP contribution < -0.4 is 79.4 Å². The molecule has 4 heterocycles. The molecule has 0 radical (unpaired) electrons. The number of imidazole rings is 1. The molecule has 246 valence electrons. The molecule has 0 saturated carbocycles. The molecule has 5 rings (SSSR count). The van der Waals surface area contributed by atoms with Gasteiger partial charge in [-0.05, 0) is 12.1 Å². The number of nitro groups is 1. The summed E-state index contributed by atoms with van der Waals surface area (Å²) in [6, 6.07) is 4.60. The minimum Gasteiger partial charge on any atom is -0.756 e. The summed E-state index contributed by atoms with van der Waals surface area (Å²) >= 11 is 0. The van der Waals surface area contributed by atoms with E-state index in [4.69, 9.17) is 19.9 Å². The molecule has 3 aromatic rings. The van der Waals surface area contributed by atoms with Gasteiger partial charge in [0.15, 0.2) is 17.7 Å². The normalized spacial score (nSPS) is 29.7. The van der Waals surface area contributed by atoms with E-state index in [0.29, 0.717) is 0 Å². The molecule has 47 heavy (non-hydrogen) atoms. The number of hydrogen-bond acceptors (Lipinski definition) is 20. The first kappa shape index (κ1) is 40.2. The van der Waals surface area contributed by atoms with Crippen molar-refractivity contribution in [1.29, 1.82) is 0 Å². The van der Waals surface area contributed by atoms with Gasteiger partial charge in [0, 0.05) is 12.1 Å². The topological polar surface area (TPSA) is 329 Å². The molecule has 2 aliphatic heterocycles. The van der Waals surface area contributed by atoms with Gasteiger partial charge in [-0.25, -0.2) is 19.3 Å². The number of nitrogen functional groups attached to an aromatic ring is 1. The minimum absolute atomic E-state index is 0. The maximum absolute atomic E-state index is 12.2. The number of aliphatic hydroxyl groups is 4. The number of benzene rings is 1. The summed E-state index contributed by atoms with van der Waals surface area (Å²) in [5, 5.41) is 52.0. The van der Waals surface area contributed by atoms with Crippen LogP contribution in [0, 0.1) is 10.1 Å². The molecule has 0 aliphatic carbocycles. The molecule has 26 heteroatoms. The van der Waals surface area contributed by atoms with Crippen LogP contribution in [0.5, 0.6) is 5.75 Å². The Bertz CT molecular complexity index is 1640. The number of phosphoric ester groups is 2. The Hall–Kier alpha value is -1.21. The summed E-state index contributed by atoms with van der Waals surface area (Å²) in [6.07, 6.45) is -10.5. The number of nitrogens with zero attached hydrogens (tertiary/aromatic N) is 5. The van der Waals surface area contributed by atoms with Crippen molar-refractivity contribution >= 4 is 38.3 Å². The molecular weight excluding hydrogens is 700 g/mol. The molecule has 6 N–H and O–H groups in total. The Labute approximate surface area is 307 Å². The molecule has 22 nitrogen and oxygen atoms in total. The zero-order valence-electron chi connectivity index (χ0n) is 24.4. The third-order valence-corrected chi connectivity index (χ3v) is 9.14. The number of nitro benzene ring substituents is 1. The second-order valence-corrected chi connectivity index (χ2v) is 12.5. The predicted octanol–water partition coefficient (Wildman–Crippen LogP) is -8.54. The maximum atomic E-state index is 12.2. The van der Waals surface area contributed by atoms with Crippen LogP contribution >= 0.6 is 15.6 Å². The number of fused-ring (bicyclic) bond motifs is 1. The Morgan fingerprint density at radius 3 is 2.06 bits per heavy atom. The van der Waals surface area contributed by atoms with E-state index < -0.39 is 82.9 Å². The number of anilines is 1. The standard InChI is InChI=1S/C21H26N6O16P2.2Na/c22-18-13-19(24-7-23-18)26(8-25-13)20-16(30)14(28)11(41-20)5-38-44(34,35)43-45(36,37)39-6-12-15(29)17(31)21(42-12)40-10-3-1-9(2-4-10)27(32)33;;/h1-4,7-8,11-12,14-17,20-21,28-31H,5-6H2,(H,34,35)(H,36,37)(H2,22,23,24);;/q;2*+1/p-2/t11-,12?,14-,15+,16-,17+,20-,21?;;/m1../s1. The first-order valence-corrected chi connectivity index (χ1v) is 15.6. The smallest absolute Gasteiger partial charge is 0.756 e. The van der Waals surface area contributed by atoms with E-state index in [1.807, 2.05) is 0 Å². The molecule has 0 bridgehead atoms. The fourth-order valence-electron chi connectivity index (χ4n) is 4.38. The van der Waals surface area contributed by atoms with Crippen LogP contribution in [-0.4, -0.2) is 101 Å². The summed E-state index contributed by atoms with van der Waals surface area (Å²) < 4.78 is 54.8. The van der Waals surface area contributed by atoms with Gasteiger partial charge in [0.1, 0.15) is 54.2 Å². The van der Waals surface area contributed by atoms with Crippen molar-refractivity contribution in [1.82, 2.24) is 19.5 Å². The second-order valence-electron chi connectivity index (χ2n) is 9.59. The molecule has 10 atom stereocenters. The van der Waals surface area contributed by atoms with Crippen molar-refractivity contribution in [3.05, 3.63) is 47.0 Å². The average Bonchev–Trinajstić information content (AvgIpc) is 3.61. The summed E-state index contributed by atoms with van der Waals surface area (Å²) in [5.74, 6) is 0.0360. The van der Waals surface area contributed by atoms with Crippen LogP contribution in [0.1, 0.15) is 6.23 Å². The van der Waals surface area contributed by atoms with E-state index in [2.05, 4.69) is 28.3 Å². The van der Waals surface area contributed by atoms with Crippen molar-refractivity contribution < 1.29 is 131 Å². The number of nitrogens with two attached hydrogens (primary N) is 1. The molecule has 0 spiro atoms. The van der Waals surface area contributed by atoms with Gasteiger partial charge in [-0.2, -0.15) is 0 Å². The van der Waals surface area contributed by atoms with Gasteiger partial charge in [-0.1, -0.05) is 0 Å². The molecule has 0 amide bonds. The van der Waals surface area contributed by atoms with Crippen LogP contribution in [0.3, 0.4) is 0 Å². The number of ether oxygens (including phenoxy) is 3. The van der Waals surface area contributed by atoms with Gasteiger partial charge in [0.25, 0.3) is 21.3 Å². The summed E-state index contributed by atoms with van der Waals surface area (Å²) in [6.45, 7) is -2.04. The van der Waals surface area contributed by atoms with Crippen molar-refractivity contribution in [3.8, 4) is 5.75 Å². The van der Waals surface area contributed by atoms with Gasteiger partial charge >= 0.3 is 59.1 Å². The Balaban J connectivity index is 0.00000300. The van der Waals surface area contributed by atoms with Crippen molar-refractivity contribution in [2.75, 3.05) is 18.9 Å². The van der Waals surface area contributed by atoms with Gasteiger partial charge in [0.05, 0.1) is 24.5 Å². The SMILES string of the molecule is Nc1ncnc2c1ncn2[C@@H]1O[C@H](COP(=O)([O-])OP(=O)([O-])OCC2OC(Oc3ccc([N+](=O)[O-])cc3)[C@@H](O)[C@H]2O)[C@@H](O)[C@H]1O.[Na+].[Na+]. The van der Waals surface area contributed by atoms with Gasteiger partial charge < -0.3 is 59.2 Å². The third kappa shape index (κ3) is 9.32. The second kappa shape index (κ2) is 16.2. The number of hydrogen-bond donors (Lipinski definition) is 5. The van der Waals surface area contributed by atoms with Crippen LogP contribution in [0.15, 0.2) is 36.9 Å². The van der Waals surface area contributed by atoms with Crippen molar-refractivity contribution in [2.45, 2.75) is 49.1 Å². The number of non-ortho nitro benzene ring substituents is 1. The molecular formula is C21H24N6Na2O16P2. The zero-order valence-corrected chi connectivity index (χ0v) is 30.2. The Morgan fingerprint density at radius 1 is 0.894 bits per heavy atom. The summed E-state index contributed by atoms with van der Waals surface area (Å²) in [7, 11) is -11.4. The fraction of sp³-hybridized carbons (Fsp3) is 0.476. The van der Waals surface area contributed by atoms with E-state index in [1.165, 1.54) is 23.0 Å². The zero-order chi connectivity index (χ0) is 32.7. The average molecular weight is 724 g/mol. The quantitative estimate of drug-likeness (QED) is 0.0501. The summed E-state index contributed by atoms with van der Waals surface area (Å²) in [4.78, 5) is 46.4. The van der Waals surface area contributed by atoms with Crippen molar-refractivity contribution in [2.24, 2.45) is 0 Å². The largest absolute Gasteiger partial charge is 1.00 e. The summed E-state index contributed by atoms with van der Waals surface area (Å²) in [5.41, 5.74) is 5.79. The molecule has 2 saturated heterocycles. The molecule has 2 aliphatic rings. The number of rotatable bonds is 12. The Kier molecular flexibility index (Phi) is 13.9. The van der Waals surface area contributed by atoms with Gasteiger partial charge in [0.2, 0.25) is 6.29 Å². The Morgan fingerprint density at radius 2 is 1.47 bits per heavy atom. The minimum atomic E-state index is -5.71. The van der Waals surface area contributed by atoms with Gasteiger partial charge in [-0.3, -0.25) is 23.8 Å². The van der Waals surface area contributed by atoms with Crippen LogP contribution in [-0.2, 0) is 32.0 Å². The molecule has 2 aromatic heterocycles. The van der Waals surface area contributed by atoms with E-state index in [1.54, 1.807) is 0 Å². The molecule has 1 aromatic carbocycles. The molecule has 4 unspecified atom stereocenters.